The summed E-state index contributed by atoms with van der Waals surface area (Å²) < 4.78 is 14.4. The molecule has 6 nitrogen and oxygen atoms in total. The summed E-state index contributed by atoms with van der Waals surface area (Å²) in [6, 6.07) is -0.643. The van der Waals surface area contributed by atoms with Gasteiger partial charge in [-0.25, -0.2) is 9.59 Å². The van der Waals surface area contributed by atoms with Crippen LogP contribution in [0.5, 0.6) is 0 Å². The van der Waals surface area contributed by atoms with Crippen LogP contribution in [0, 0.1) is 5.92 Å². The van der Waals surface area contributed by atoms with E-state index in [1.54, 1.807) is 0 Å². The van der Waals surface area contributed by atoms with Crippen LogP contribution in [-0.4, -0.2) is 45.5 Å². The second kappa shape index (κ2) is 7.11. The summed E-state index contributed by atoms with van der Waals surface area (Å²) in [5.74, 6) is -0.0769. The van der Waals surface area contributed by atoms with Crippen LogP contribution < -0.4 is 5.32 Å². The summed E-state index contributed by atoms with van der Waals surface area (Å²) in [6.45, 7) is 1.41. The van der Waals surface area contributed by atoms with E-state index in [2.05, 4.69) is 14.8 Å². The Labute approximate surface area is 101 Å². The van der Waals surface area contributed by atoms with Crippen LogP contribution in [0.3, 0.4) is 0 Å². The van der Waals surface area contributed by atoms with Gasteiger partial charge in [-0.1, -0.05) is 0 Å². The number of nitrogens with one attached hydrogen (secondary N) is 1. The lowest BCUT2D eigenvalue weighted by Crippen LogP contribution is -2.43. The van der Waals surface area contributed by atoms with Gasteiger partial charge in [0.2, 0.25) is 0 Å². The van der Waals surface area contributed by atoms with E-state index in [1.807, 2.05) is 0 Å². The molecule has 0 aromatic heterocycles. The SMILES string of the molecule is COC(=O)NC(CC1CCOCC1)C(=O)OC. The maximum atomic E-state index is 11.5. The molecule has 6 heteroatoms. The Balaban J connectivity index is 2.49. The van der Waals surface area contributed by atoms with Gasteiger partial charge in [0.05, 0.1) is 14.2 Å². The fourth-order valence-corrected chi connectivity index (χ4v) is 1.87. The van der Waals surface area contributed by atoms with Crippen molar-refractivity contribution >= 4 is 12.1 Å². The number of amides is 1. The predicted octanol–water partition coefficient (Wildman–Crippen LogP) is 0.701. The zero-order chi connectivity index (χ0) is 12.7. The summed E-state index contributed by atoms with van der Waals surface area (Å²) in [6.07, 6.45) is 1.74. The summed E-state index contributed by atoms with van der Waals surface area (Å²) >= 11 is 0. The van der Waals surface area contributed by atoms with Gasteiger partial charge in [-0.05, 0) is 25.2 Å². The van der Waals surface area contributed by atoms with Crippen molar-refractivity contribution in [2.75, 3.05) is 27.4 Å². The number of hydrogen-bond donors (Lipinski definition) is 1. The van der Waals surface area contributed by atoms with Gasteiger partial charge in [0.15, 0.2) is 0 Å². The number of carbonyl (C=O) groups excluding carboxylic acids is 2. The van der Waals surface area contributed by atoms with Gasteiger partial charge < -0.3 is 19.5 Å². The monoisotopic (exact) mass is 245 g/mol. The van der Waals surface area contributed by atoms with Crippen LogP contribution in [0.2, 0.25) is 0 Å². The molecule has 0 aliphatic carbocycles. The van der Waals surface area contributed by atoms with Gasteiger partial charge in [0.25, 0.3) is 0 Å². The smallest absolute Gasteiger partial charge is 0.407 e. The normalized spacial score (nSPS) is 18.2. The largest absolute Gasteiger partial charge is 0.467 e. The molecule has 1 rings (SSSR count). The highest BCUT2D eigenvalue weighted by molar-refractivity contribution is 5.81. The molecular formula is C11H19NO5. The summed E-state index contributed by atoms with van der Waals surface area (Å²) in [7, 11) is 2.57. The molecule has 1 fully saturated rings. The summed E-state index contributed by atoms with van der Waals surface area (Å²) in [5, 5.41) is 2.49. The Morgan fingerprint density at radius 3 is 2.47 bits per heavy atom. The van der Waals surface area contributed by atoms with E-state index < -0.39 is 18.1 Å². The molecule has 1 atom stereocenters. The van der Waals surface area contributed by atoms with Crippen molar-refractivity contribution in [3.8, 4) is 0 Å². The van der Waals surface area contributed by atoms with Gasteiger partial charge >= 0.3 is 12.1 Å². The second-order valence-electron chi connectivity index (χ2n) is 4.00. The molecule has 0 spiro atoms. The zero-order valence-electron chi connectivity index (χ0n) is 10.2. The van der Waals surface area contributed by atoms with Gasteiger partial charge in [0.1, 0.15) is 6.04 Å². The van der Waals surface area contributed by atoms with Crippen LogP contribution in [0.25, 0.3) is 0 Å². The van der Waals surface area contributed by atoms with Crippen molar-refractivity contribution in [2.24, 2.45) is 5.92 Å². The molecule has 0 bridgehead atoms. The fraction of sp³-hybridized carbons (Fsp3) is 0.818. The first kappa shape index (κ1) is 13.8. The van der Waals surface area contributed by atoms with Gasteiger partial charge in [0, 0.05) is 13.2 Å². The summed E-state index contributed by atoms with van der Waals surface area (Å²) in [5.41, 5.74) is 0. The third kappa shape index (κ3) is 4.60. The molecule has 0 saturated carbocycles. The number of esters is 1. The Kier molecular flexibility index (Phi) is 5.76. The number of hydrogen-bond acceptors (Lipinski definition) is 5. The maximum Gasteiger partial charge on any atom is 0.407 e. The molecule has 98 valence electrons. The topological polar surface area (TPSA) is 73.9 Å². The van der Waals surface area contributed by atoms with Crippen molar-refractivity contribution in [3.63, 3.8) is 0 Å². The first-order valence-corrected chi connectivity index (χ1v) is 5.67. The van der Waals surface area contributed by atoms with E-state index in [1.165, 1.54) is 14.2 Å². The van der Waals surface area contributed by atoms with Crippen molar-refractivity contribution in [2.45, 2.75) is 25.3 Å². The zero-order valence-corrected chi connectivity index (χ0v) is 10.2. The highest BCUT2D eigenvalue weighted by Gasteiger charge is 2.26. The minimum Gasteiger partial charge on any atom is -0.467 e. The maximum absolute atomic E-state index is 11.5. The molecule has 0 aromatic carbocycles. The average molecular weight is 245 g/mol. The molecule has 0 radical (unpaired) electrons. The Morgan fingerprint density at radius 2 is 1.94 bits per heavy atom. The molecule has 1 heterocycles. The first-order valence-electron chi connectivity index (χ1n) is 5.67. The van der Waals surface area contributed by atoms with Gasteiger partial charge in [-0.2, -0.15) is 0 Å². The third-order valence-corrected chi connectivity index (χ3v) is 2.87. The number of rotatable bonds is 4. The van der Waals surface area contributed by atoms with E-state index >= 15 is 0 Å². The molecule has 1 aliphatic heterocycles. The Morgan fingerprint density at radius 1 is 1.29 bits per heavy atom. The van der Waals surface area contributed by atoms with Crippen molar-refractivity contribution in [1.82, 2.24) is 5.32 Å². The Hall–Kier alpha value is -1.30. The minimum absolute atomic E-state index is 0.366. The number of carbonyl (C=O) groups is 2. The lowest BCUT2D eigenvalue weighted by Gasteiger charge is -2.25. The van der Waals surface area contributed by atoms with Crippen molar-refractivity contribution in [3.05, 3.63) is 0 Å². The van der Waals surface area contributed by atoms with Crippen LogP contribution in [-0.2, 0) is 19.0 Å². The second-order valence-corrected chi connectivity index (χ2v) is 4.00. The minimum atomic E-state index is -0.643. The third-order valence-electron chi connectivity index (χ3n) is 2.87. The number of alkyl carbamates (subject to hydrolysis) is 1. The number of ether oxygens (including phenoxy) is 3. The fourth-order valence-electron chi connectivity index (χ4n) is 1.87. The standard InChI is InChI=1S/C11H19NO5/c1-15-10(13)9(12-11(14)16-2)7-8-3-5-17-6-4-8/h8-9H,3-7H2,1-2H3,(H,12,14). The van der Waals surface area contributed by atoms with E-state index in [4.69, 9.17) is 4.74 Å². The van der Waals surface area contributed by atoms with Gasteiger partial charge in [-0.15, -0.1) is 0 Å². The lowest BCUT2D eigenvalue weighted by atomic mass is 9.92. The van der Waals surface area contributed by atoms with E-state index in [0.717, 1.165) is 12.8 Å². The van der Waals surface area contributed by atoms with E-state index in [0.29, 0.717) is 25.6 Å². The summed E-state index contributed by atoms with van der Waals surface area (Å²) in [4.78, 5) is 22.6. The highest BCUT2D eigenvalue weighted by atomic mass is 16.5. The molecule has 0 aromatic rings. The van der Waals surface area contributed by atoms with Crippen LogP contribution in [0.15, 0.2) is 0 Å². The van der Waals surface area contributed by atoms with E-state index in [9.17, 15) is 9.59 Å². The van der Waals surface area contributed by atoms with Crippen molar-refractivity contribution in [1.29, 1.82) is 0 Å². The van der Waals surface area contributed by atoms with Gasteiger partial charge in [-0.3, -0.25) is 0 Å². The molecular weight excluding hydrogens is 226 g/mol. The molecule has 1 aliphatic rings. The van der Waals surface area contributed by atoms with Crippen molar-refractivity contribution < 1.29 is 23.8 Å². The quantitative estimate of drug-likeness (QED) is 0.738. The van der Waals surface area contributed by atoms with Crippen LogP contribution in [0.4, 0.5) is 4.79 Å². The molecule has 1 unspecified atom stereocenters. The average Bonchev–Trinajstić information content (AvgIpc) is 2.38. The Bertz CT molecular complexity index is 263. The number of methoxy groups -OCH3 is 2. The highest BCUT2D eigenvalue weighted by Crippen LogP contribution is 2.20. The predicted molar refractivity (Wildman–Crippen MR) is 59.5 cm³/mol. The molecule has 1 amide bonds. The molecule has 1 saturated heterocycles. The van der Waals surface area contributed by atoms with E-state index in [-0.39, 0.29) is 0 Å². The lowest BCUT2D eigenvalue weighted by molar-refractivity contribution is -0.143. The molecule has 1 N–H and O–H groups in total. The van der Waals surface area contributed by atoms with Crippen LogP contribution in [0.1, 0.15) is 19.3 Å². The van der Waals surface area contributed by atoms with Crippen LogP contribution >= 0.6 is 0 Å². The first-order chi connectivity index (χ1) is 8.17. The molecule has 17 heavy (non-hydrogen) atoms.